The Morgan fingerprint density at radius 3 is 2.34 bits per heavy atom. The normalized spacial score (nSPS) is 10.9. The molecule has 0 heterocycles. The zero-order chi connectivity index (χ0) is 20.6. The molecule has 0 bridgehead atoms. The fourth-order valence-corrected chi connectivity index (χ4v) is 2.80. The third-order valence-corrected chi connectivity index (χ3v) is 4.24. The largest absolute Gasteiger partial charge is 0.496 e. The molecule has 29 heavy (non-hydrogen) atoms. The Balaban J connectivity index is 1.93. The minimum Gasteiger partial charge on any atom is -0.496 e. The van der Waals surface area contributed by atoms with Gasteiger partial charge in [-0.1, -0.05) is 54.1 Å². The van der Waals surface area contributed by atoms with Crippen molar-refractivity contribution in [3.8, 4) is 5.75 Å². The molecule has 0 unspecified atom stereocenters. The molecule has 0 aromatic heterocycles. The van der Waals surface area contributed by atoms with E-state index in [9.17, 15) is 9.59 Å². The topological polar surface area (TPSA) is 67.4 Å². The first-order chi connectivity index (χ1) is 14.1. The molecule has 0 saturated carbocycles. The van der Waals surface area contributed by atoms with E-state index in [1.807, 2.05) is 49.4 Å². The van der Waals surface area contributed by atoms with E-state index < -0.39 is 5.91 Å². The van der Waals surface area contributed by atoms with E-state index in [0.717, 1.165) is 5.56 Å². The first-order valence-electron chi connectivity index (χ1n) is 9.16. The molecule has 0 spiro atoms. The van der Waals surface area contributed by atoms with E-state index in [0.29, 0.717) is 22.6 Å². The predicted octanol–water partition coefficient (Wildman–Crippen LogP) is 4.41. The van der Waals surface area contributed by atoms with Crippen molar-refractivity contribution in [1.82, 2.24) is 5.32 Å². The summed E-state index contributed by atoms with van der Waals surface area (Å²) in [6.07, 6.45) is 1.60. The van der Waals surface area contributed by atoms with Crippen molar-refractivity contribution in [3.05, 3.63) is 101 Å². The number of rotatable bonds is 6. The molecule has 0 fully saturated rings. The Bertz CT molecular complexity index is 1040. The number of hydrogen-bond donors (Lipinski definition) is 2. The van der Waals surface area contributed by atoms with Crippen LogP contribution in [0.1, 0.15) is 21.5 Å². The highest BCUT2D eigenvalue weighted by Gasteiger charge is 2.16. The maximum absolute atomic E-state index is 12.9. The van der Waals surface area contributed by atoms with Crippen molar-refractivity contribution < 1.29 is 14.3 Å². The Hall–Kier alpha value is -3.86. The minimum atomic E-state index is -0.428. The number of amides is 2. The number of carbonyl (C=O) groups is 2. The maximum Gasteiger partial charge on any atom is 0.272 e. The van der Waals surface area contributed by atoms with Gasteiger partial charge in [-0.05, 0) is 43.3 Å². The molecule has 0 atom stereocenters. The molecule has 5 heteroatoms. The lowest BCUT2D eigenvalue weighted by Crippen LogP contribution is -2.30. The second-order valence-electron chi connectivity index (χ2n) is 6.44. The molecule has 2 N–H and O–H groups in total. The summed E-state index contributed by atoms with van der Waals surface area (Å²) in [6, 6.07) is 23.5. The summed E-state index contributed by atoms with van der Waals surface area (Å²) in [5, 5.41) is 5.54. The van der Waals surface area contributed by atoms with Gasteiger partial charge in [0.2, 0.25) is 0 Å². The van der Waals surface area contributed by atoms with Crippen LogP contribution >= 0.6 is 0 Å². The molecule has 3 rings (SSSR count). The summed E-state index contributed by atoms with van der Waals surface area (Å²) < 4.78 is 5.36. The van der Waals surface area contributed by atoms with Crippen molar-refractivity contribution in [3.63, 3.8) is 0 Å². The number of nitrogens with one attached hydrogen (secondary N) is 2. The Labute approximate surface area is 170 Å². The van der Waals surface area contributed by atoms with Gasteiger partial charge in [-0.2, -0.15) is 0 Å². The van der Waals surface area contributed by atoms with Crippen molar-refractivity contribution >= 4 is 23.6 Å². The standard InChI is InChI=1S/C24H22N2O3/c1-17-9-8-11-19(15-17)23(27)26-21(16-18-10-6-7-14-22(18)29-2)24(28)25-20-12-4-3-5-13-20/h3-16H,1-2H3,(H,25,28)(H,26,27). The van der Waals surface area contributed by atoms with Crippen LogP contribution in [0.25, 0.3) is 6.08 Å². The van der Waals surface area contributed by atoms with Crippen molar-refractivity contribution in [1.29, 1.82) is 0 Å². The van der Waals surface area contributed by atoms with E-state index in [4.69, 9.17) is 4.74 Å². The van der Waals surface area contributed by atoms with Gasteiger partial charge in [0.15, 0.2) is 0 Å². The van der Waals surface area contributed by atoms with Crippen molar-refractivity contribution in [2.75, 3.05) is 12.4 Å². The van der Waals surface area contributed by atoms with Crippen molar-refractivity contribution in [2.24, 2.45) is 0 Å². The molecule has 146 valence electrons. The van der Waals surface area contributed by atoms with Gasteiger partial charge in [0, 0.05) is 16.8 Å². The number of carbonyl (C=O) groups excluding carboxylic acids is 2. The average molecular weight is 386 g/mol. The van der Waals surface area contributed by atoms with Crippen LogP contribution in [-0.4, -0.2) is 18.9 Å². The number of para-hydroxylation sites is 2. The monoisotopic (exact) mass is 386 g/mol. The third kappa shape index (κ3) is 5.32. The molecule has 3 aromatic rings. The van der Waals surface area contributed by atoms with Gasteiger partial charge in [0.25, 0.3) is 11.8 Å². The second-order valence-corrected chi connectivity index (χ2v) is 6.44. The smallest absolute Gasteiger partial charge is 0.272 e. The van der Waals surface area contributed by atoms with Crippen LogP contribution < -0.4 is 15.4 Å². The van der Waals surface area contributed by atoms with Crippen LogP contribution in [-0.2, 0) is 4.79 Å². The molecular weight excluding hydrogens is 364 g/mol. The summed E-state index contributed by atoms with van der Waals surface area (Å²) in [5.74, 6) is -0.191. The summed E-state index contributed by atoms with van der Waals surface area (Å²) in [5.41, 5.74) is 2.86. The molecule has 0 aliphatic rings. The lowest BCUT2D eigenvalue weighted by Gasteiger charge is -2.12. The predicted molar refractivity (Wildman–Crippen MR) is 115 cm³/mol. The fraction of sp³-hybridized carbons (Fsp3) is 0.0833. The van der Waals surface area contributed by atoms with Gasteiger partial charge in [0.05, 0.1) is 7.11 Å². The number of aryl methyl sites for hydroxylation is 1. The Morgan fingerprint density at radius 2 is 1.62 bits per heavy atom. The van der Waals surface area contributed by atoms with Crippen LogP contribution in [0, 0.1) is 6.92 Å². The van der Waals surface area contributed by atoms with Crippen LogP contribution in [0.5, 0.6) is 5.75 Å². The Kier molecular flexibility index (Phi) is 6.43. The molecule has 0 aliphatic carbocycles. The zero-order valence-corrected chi connectivity index (χ0v) is 16.3. The minimum absolute atomic E-state index is 0.116. The second kappa shape index (κ2) is 9.37. The van der Waals surface area contributed by atoms with E-state index in [-0.39, 0.29) is 11.6 Å². The first kappa shape index (κ1) is 19.9. The highest BCUT2D eigenvalue weighted by atomic mass is 16.5. The third-order valence-electron chi connectivity index (χ3n) is 4.24. The zero-order valence-electron chi connectivity index (χ0n) is 16.3. The van der Waals surface area contributed by atoms with Gasteiger partial charge >= 0.3 is 0 Å². The number of benzene rings is 3. The highest BCUT2D eigenvalue weighted by molar-refractivity contribution is 6.10. The van der Waals surface area contributed by atoms with Crippen LogP contribution in [0.15, 0.2) is 84.6 Å². The molecule has 0 aliphatic heterocycles. The van der Waals surface area contributed by atoms with E-state index in [2.05, 4.69) is 10.6 Å². The highest BCUT2D eigenvalue weighted by Crippen LogP contribution is 2.20. The van der Waals surface area contributed by atoms with Crippen LogP contribution in [0.4, 0.5) is 5.69 Å². The number of methoxy groups -OCH3 is 1. The maximum atomic E-state index is 12.9. The molecule has 0 radical (unpaired) electrons. The van der Waals surface area contributed by atoms with Gasteiger partial charge in [0.1, 0.15) is 11.4 Å². The van der Waals surface area contributed by atoms with E-state index in [1.165, 1.54) is 0 Å². The van der Waals surface area contributed by atoms with Crippen molar-refractivity contribution in [2.45, 2.75) is 6.92 Å². The quantitative estimate of drug-likeness (QED) is 0.617. The van der Waals surface area contributed by atoms with Gasteiger partial charge in [-0.25, -0.2) is 0 Å². The summed E-state index contributed by atoms with van der Waals surface area (Å²) in [6.45, 7) is 1.91. The van der Waals surface area contributed by atoms with Crippen LogP contribution in [0.2, 0.25) is 0 Å². The van der Waals surface area contributed by atoms with E-state index >= 15 is 0 Å². The lowest BCUT2D eigenvalue weighted by molar-refractivity contribution is -0.113. The number of anilines is 1. The van der Waals surface area contributed by atoms with Gasteiger partial charge < -0.3 is 15.4 Å². The summed E-state index contributed by atoms with van der Waals surface area (Å²) in [7, 11) is 1.56. The first-order valence-corrected chi connectivity index (χ1v) is 9.16. The van der Waals surface area contributed by atoms with Crippen LogP contribution in [0.3, 0.4) is 0 Å². The molecule has 5 nitrogen and oxygen atoms in total. The average Bonchev–Trinajstić information content (AvgIpc) is 2.74. The van der Waals surface area contributed by atoms with E-state index in [1.54, 1.807) is 49.6 Å². The SMILES string of the molecule is COc1ccccc1C=C(NC(=O)c1cccc(C)c1)C(=O)Nc1ccccc1. The molecule has 3 aromatic carbocycles. The number of hydrogen-bond acceptors (Lipinski definition) is 3. The summed E-state index contributed by atoms with van der Waals surface area (Å²) in [4.78, 5) is 25.7. The molecule has 2 amide bonds. The summed E-state index contributed by atoms with van der Waals surface area (Å²) >= 11 is 0. The lowest BCUT2D eigenvalue weighted by atomic mass is 10.1. The molecule has 0 saturated heterocycles. The van der Waals surface area contributed by atoms with Gasteiger partial charge in [-0.15, -0.1) is 0 Å². The molecular formula is C24H22N2O3. The number of ether oxygens (including phenoxy) is 1. The fourth-order valence-electron chi connectivity index (χ4n) is 2.80. The van der Waals surface area contributed by atoms with Gasteiger partial charge in [-0.3, -0.25) is 9.59 Å². The Morgan fingerprint density at radius 1 is 0.897 bits per heavy atom.